The molecule has 1 amide bonds. The van der Waals surface area contributed by atoms with E-state index in [4.69, 9.17) is 4.74 Å². The second kappa shape index (κ2) is 7.57. The molecule has 0 radical (unpaired) electrons. The Morgan fingerprint density at radius 1 is 1.04 bits per heavy atom. The van der Waals surface area contributed by atoms with Crippen molar-refractivity contribution in [3.05, 3.63) is 78.1 Å². The first-order valence-electron chi connectivity index (χ1n) is 7.95. The maximum atomic E-state index is 12.7. The maximum Gasteiger partial charge on any atom is 0.328 e. The van der Waals surface area contributed by atoms with E-state index >= 15 is 0 Å². The number of esters is 1. The van der Waals surface area contributed by atoms with Gasteiger partial charge in [0, 0.05) is 18.0 Å². The highest BCUT2D eigenvalue weighted by Crippen LogP contribution is 2.16. The molecule has 25 heavy (non-hydrogen) atoms. The summed E-state index contributed by atoms with van der Waals surface area (Å²) < 4.78 is 4.83. The zero-order valence-corrected chi connectivity index (χ0v) is 13.8. The Balaban J connectivity index is 1.85. The second-order valence-corrected chi connectivity index (χ2v) is 5.62. The van der Waals surface area contributed by atoms with Crippen molar-refractivity contribution in [2.24, 2.45) is 0 Å². The number of nitrogens with zero attached hydrogens (tertiary/aromatic N) is 1. The van der Waals surface area contributed by atoms with Crippen LogP contribution in [0.2, 0.25) is 0 Å². The van der Waals surface area contributed by atoms with E-state index in [0.717, 1.165) is 16.3 Å². The lowest BCUT2D eigenvalue weighted by atomic mass is 10.1. The molecule has 0 saturated carbocycles. The van der Waals surface area contributed by atoms with E-state index in [0.29, 0.717) is 12.1 Å². The van der Waals surface area contributed by atoms with Crippen molar-refractivity contribution in [1.82, 2.24) is 10.3 Å². The topological polar surface area (TPSA) is 68.3 Å². The molecule has 1 N–H and O–H groups in total. The van der Waals surface area contributed by atoms with Gasteiger partial charge in [0.25, 0.3) is 5.91 Å². The lowest BCUT2D eigenvalue weighted by molar-refractivity contribution is -0.142. The number of carbonyl (C=O) groups is 2. The van der Waals surface area contributed by atoms with Crippen molar-refractivity contribution in [3.63, 3.8) is 0 Å². The molecule has 0 aliphatic rings. The van der Waals surface area contributed by atoms with E-state index < -0.39 is 17.9 Å². The number of rotatable bonds is 5. The molecule has 1 heterocycles. The molecule has 0 aliphatic heterocycles. The van der Waals surface area contributed by atoms with Crippen LogP contribution in [0.15, 0.2) is 66.9 Å². The van der Waals surface area contributed by atoms with E-state index in [-0.39, 0.29) is 0 Å². The van der Waals surface area contributed by atoms with Crippen LogP contribution in [0.5, 0.6) is 0 Å². The molecular formula is C20H18N2O3. The zero-order valence-electron chi connectivity index (χ0n) is 13.8. The van der Waals surface area contributed by atoms with E-state index in [1.807, 2.05) is 60.7 Å². The third-order valence-electron chi connectivity index (χ3n) is 3.96. The number of hydrogen-bond acceptors (Lipinski definition) is 4. The predicted octanol–water partition coefficient (Wildman–Crippen LogP) is 2.75. The highest BCUT2D eigenvalue weighted by Gasteiger charge is 2.24. The van der Waals surface area contributed by atoms with E-state index in [1.54, 1.807) is 6.20 Å². The molecule has 1 aromatic heterocycles. The summed E-state index contributed by atoms with van der Waals surface area (Å²) in [5.41, 5.74) is 1.23. The fraction of sp³-hybridized carbons (Fsp3) is 0.150. The lowest BCUT2D eigenvalue weighted by Gasteiger charge is -2.17. The summed E-state index contributed by atoms with van der Waals surface area (Å²) in [6.07, 6.45) is 1.94. The SMILES string of the molecule is COC(=O)[C@@H](Cc1ccccc1)NC(=O)c1nccc2ccccc12. The van der Waals surface area contributed by atoms with Gasteiger partial charge >= 0.3 is 5.97 Å². The molecule has 0 bridgehead atoms. The number of benzene rings is 2. The standard InChI is InChI=1S/C20H18N2O3/c1-25-20(24)17(13-14-7-3-2-4-8-14)22-19(23)18-16-10-6-5-9-15(16)11-12-21-18/h2-12,17H,13H2,1H3,(H,22,23)/t17-/m1/s1. The molecule has 2 aromatic carbocycles. The van der Waals surface area contributed by atoms with Gasteiger partial charge in [0.05, 0.1) is 7.11 Å². The summed E-state index contributed by atoms with van der Waals surface area (Å²) in [5, 5.41) is 4.41. The Hall–Kier alpha value is -3.21. The van der Waals surface area contributed by atoms with Gasteiger partial charge in [-0.2, -0.15) is 0 Å². The van der Waals surface area contributed by atoms with Crippen molar-refractivity contribution in [2.75, 3.05) is 7.11 Å². The summed E-state index contributed by atoms with van der Waals surface area (Å²) in [5.74, 6) is -0.888. The van der Waals surface area contributed by atoms with Crippen molar-refractivity contribution in [3.8, 4) is 0 Å². The first-order valence-corrected chi connectivity index (χ1v) is 7.95. The van der Waals surface area contributed by atoms with Gasteiger partial charge in [0.15, 0.2) is 0 Å². The minimum absolute atomic E-state index is 0.292. The summed E-state index contributed by atoms with van der Waals surface area (Å²) in [6, 6.07) is 18.0. The molecule has 5 nitrogen and oxygen atoms in total. The Bertz CT molecular complexity index is 888. The Labute approximate surface area is 145 Å². The van der Waals surface area contributed by atoms with Gasteiger partial charge in [-0.25, -0.2) is 4.79 Å². The molecule has 3 rings (SSSR count). The zero-order chi connectivity index (χ0) is 17.6. The summed E-state index contributed by atoms with van der Waals surface area (Å²) in [7, 11) is 1.31. The number of aromatic nitrogens is 1. The summed E-state index contributed by atoms with van der Waals surface area (Å²) in [4.78, 5) is 29.0. The number of methoxy groups -OCH3 is 1. The first kappa shape index (κ1) is 16.6. The van der Waals surface area contributed by atoms with Crippen LogP contribution in [-0.4, -0.2) is 30.0 Å². The van der Waals surface area contributed by atoms with Crippen molar-refractivity contribution in [1.29, 1.82) is 0 Å². The average Bonchev–Trinajstić information content (AvgIpc) is 2.67. The predicted molar refractivity (Wildman–Crippen MR) is 95.2 cm³/mol. The van der Waals surface area contributed by atoms with Gasteiger partial charge in [0.2, 0.25) is 0 Å². The Kier molecular flexibility index (Phi) is 5.04. The van der Waals surface area contributed by atoms with E-state index in [9.17, 15) is 9.59 Å². The molecule has 0 unspecified atom stereocenters. The third kappa shape index (κ3) is 3.83. The van der Waals surface area contributed by atoms with Crippen molar-refractivity contribution < 1.29 is 14.3 Å². The smallest absolute Gasteiger partial charge is 0.328 e. The number of pyridine rings is 1. The van der Waals surface area contributed by atoms with Crippen LogP contribution in [0.3, 0.4) is 0 Å². The molecule has 126 valence electrons. The molecule has 0 saturated heterocycles. The van der Waals surface area contributed by atoms with Crippen LogP contribution in [0, 0.1) is 0 Å². The number of hydrogen-bond donors (Lipinski definition) is 1. The van der Waals surface area contributed by atoms with Crippen LogP contribution in [-0.2, 0) is 16.0 Å². The fourth-order valence-electron chi connectivity index (χ4n) is 2.71. The number of amides is 1. The van der Waals surface area contributed by atoms with Gasteiger partial charge in [-0.1, -0.05) is 54.6 Å². The number of ether oxygens (including phenoxy) is 1. The van der Waals surface area contributed by atoms with Crippen LogP contribution in [0.1, 0.15) is 16.1 Å². The average molecular weight is 334 g/mol. The highest BCUT2D eigenvalue weighted by molar-refractivity contribution is 6.06. The monoisotopic (exact) mass is 334 g/mol. The number of carbonyl (C=O) groups excluding carboxylic acids is 2. The maximum absolute atomic E-state index is 12.7. The number of fused-ring (bicyclic) bond motifs is 1. The van der Waals surface area contributed by atoms with Gasteiger partial charge in [-0.05, 0) is 17.0 Å². The first-order chi connectivity index (χ1) is 12.2. The molecule has 0 fully saturated rings. The molecule has 0 spiro atoms. The van der Waals surface area contributed by atoms with Crippen LogP contribution >= 0.6 is 0 Å². The summed E-state index contributed by atoms with van der Waals surface area (Å²) >= 11 is 0. The Morgan fingerprint density at radius 3 is 2.52 bits per heavy atom. The highest BCUT2D eigenvalue weighted by atomic mass is 16.5. The van der Waals surface area contributed by atoms with Gasteiger partial charge in [-0.3, -0.25) is 9.78 Å². The van der Waals surface area contributed by atoms with Gasteiger partial charge in [0.1, 0.15) is 11.7 Å². The minimum atomic E-state index is -0.777. The van der Waals surface area contributed by atoms with Crippen molar-refractivity contribution >= 4 is 22.6 Å². The fourth-order valence-corrected chi connectivity index (χ4v) is 2.71. The molecule has 0 aliphatic carbocycles. The number of nitrogens with one attached hydrogen (secondary N) is 1. The molecule has 3 aromatic rings. The quantitative estimate of drug-likeness (QED) is 0.729. The molecule has 1 atom stereocenters. The van der Waals surface area contributed by atoms with Crippen LogP contribution in [0.4, 0.5) is 0 Å². The normalized spacial score (nSPS) is 11.7. The van der Waals surface area contributed by atoms with Crippen molar-refractivity contribution in [2.45, 2.75) is 12.5 Å². The Morgan fingerprint density at radius 2 is 1.76 bits per heavy atom. The van der Waals surface area contributed by atoms with E-state index in [1.165, 1.54) is 7.11 Å². The van der Waals surface area contributed by atoms with Crippen LogP contribution < -0.4 is 5.32 Å². The minimum Gasteiger partial charge on any atom is -0.467 e. The molecular weight excluding hydrogens is 316 g/mol. The van der Waals surface area contributed by atoms with Gasteiger partial charge < -0.3 is 10.1 Å². The third-order valence-corrected chi connectivity index (χ3v) is 3.96. The molecule has 5 heteroatoms. The largest absolute Gasteiger partial charge is 0.467 e. The van der Waals surface area contributed by atoms with Crippen LogP contribution in [0.25, 0.3) is 10.8 Å². The van der Waals surface area contributed by atoms with E-state index in [2.05, 4.69) is 10.3 Å². The second-order valence-electron chi connectivity index (χ2n) is 5.62. The summed E-state index contributed by atoms with van der Waals surface area (Å²) in [6.45, 7) is 0. The van der Waals surface area contributed by atoms with Gasteiger partial charge in [-0.15, -0.1) is 0 Å². The lowest BCUT2D eigenvalue weighted by Crippen LogP contribution is -2.43.